The van der Waals surface area contributed by atoms with Gasteiger partial charge in [-0.2, -0.15) is 13.5 Å². The second kappa shape index (κ2) is 9.89. The summed E-state index contributed by atoms with van der Waals surface area (Å²) in [7, 11) is -3.78. The molecule has 0 spiro atoms. The Morgan fingerprint density at radius 2 is 1.66 bits per heavy atom. The lowest BCUT2D eigenvalue weighted by atomic mass is 10.0. The second-order valence-electron chi connectivity index (χ2n) is 6.92. The Labute approximate surface area is 205 Å². The van der Waals surface area contributed by atoms with Crippen LogP contribution >= 0.6 is 34.2 Å². The van der Waals surface area contributed by atoms with Gasteiger partial charge < -0.3 is 4.74 Å². The average molecular weight is 577 g/mol. The van der Waals surface area contributed by atoms with Crippen LogP contribution < -0.4 is 9.57 Å². The van der Waals surface area contributed by atoms with Crippen LogP contribution in [0.3, 0.4) is 0 Å². The summed E-state index contributed by atoms with van der Waals surface area (Å²) in [5, 5.41) is 6.58. The normalized spacial score (nSPS) is 11.7. The fourth-order valence-electron chi connectivity index (χ4n) is 3.10. The third kappa shape index (κ3) is 5.40. The number of rotatable bonds is 7. The summed E-state index contributed by atoms with van der Waals surface area (Å²) in [5.41, 5.74) is 1.65. The number of sulfonamides is 1. The maximum Gasteiger partial charge on any atom is 0.276 e. The SMILES string of the molecule is O=S(=O)(N/N=C\c1c(OCc2ccc(Cl)cc2)ccc2ccccc12)c1ccc(I)cc1. The van der Waals surface area contributed by atoms with Gasteiger partial charge in [0.25, 0.3) is 10.0 Å². The van der Waals surface area contributed by atoms with Crippen molar-refractivity contribution >= 4 is 61.2 Å². The molecule has 0 radical (unpaired) electrons. The molecule has 4 aromatic carbocycles. The van der Waals surface area contributed by atoms with Crippen LogP contribution in [0.25, 0.3) is 10.8 Å². The molecule has 1 N–H and O–H groups in total. The van der Waals surface area contributed by atoms with E-state index in [9.17, 15) is 8.42 Å². The Morgan fingerprint density at radius 1 is 0.938 bits per heavy atom. The van der Waals surface area contributed by atoms with Crippen molar-refractivity contribution in [3.63, 3.8) is 0 Å². The molecule has 0 saturated heterocycles. The van der Waals surface area contributed by atoms with Crippen LogP contribution in [0.2, 0.25) is 5.02 Å². The zero-order valence-corrected chi connectivity index (χ0v) is 20.4. The Morgan fingerprint density at radius 3 is 2.41 bits per heavy atom. The first-order valence-corrected chi connectivity index (χ1v) is 12.6. The molecule has 0 aliphatic heterocycles. The standard InChI is InChI=1S/C24H18ClIN2O3S/c25-19-8-5-17(6-9-19)16-31-24-14-7-18-3-1-2-4-22(18)23(24)15-27-28-32(29,30)21-12-10-20(26)11-13-21/h1-15,28H,16H2/b27-15-. The molecule has 0 amide bonds. The van der Waals surface area contributed by atoms with Gasteiger partial charge in [-0.1, -0.05) is 54.1 Å². The molecule has 162 valence electrons. The summed E-state index contributed by atoms with van der Waals surface area (Å²) >= 11 is 8.07. The Bertz CT molecular complexity index is 1370. The van der Waals surface area contributed by atoms with Crippen LogP contribution in [0.1, 0.15) is 11.1 Å². The van der Waals surface area contributed by atoms with E-state index in [0.717, 1.165) is 19.9 Å². The number of hydrogen-bond donors (Lipinski definition) is 1. The molecule has 0 fully saturated rings. The third-order valence-corrected chi connectivity index (χ3v) is 6.94. The monoisotopic (exact) mass is 576 g/mol. The summed E-state index contributed by atoms with van der Waals surface area (Å²) in [5.74, 6) is 0.593. The van der Waals surface area contributed by atoms with Gasteiger partial charge in [0, 0.05) is 14.2 Å². The van der Waals surface area contributed by atoms with E-state index in [-0.39, 0.29) is 4.90 Å². The first kappa shape index (κ1) is 22.6. The van der Waals surface area contributed by atoms with E-state index in [1.54, 1.807) is 12.1 Å². The van der Waals surface area contributed by atoms with Crippen molar-refractivity contribution in [1.29, 1.82) is 0 Å². The van der Waals surface area contributed by atoms with Gasteiger partial charge in [0.2, 0.25) is 0 Å². The maximum atomic E-state index is 12.6. The lowest BCUT2D eigenvalue weighted by Gasteiger charge is -2.12. The average Bonchev–Trinajstić information content (AvgIpc) is 2.79. The van der Waals surface area contributed by atoms with Crippen LogP contribution in [0.15, 0.2) is 94.9 Å². The smallest absolute Gasteiger partial charge is 0.276 e. The highest BCUT2D eigenvalue weighted by molar-refractivity contribution is 14.1. The van der Waals surface area contributed by atoms with Gasteiger partial charge in [-0.15, -0.1) is 0 Å². The number of fused-ring (bicyclic) bond motifs is 1. The van der Waals surface area contributed by atoms with Crippen LogP contribution in [0.5, 0.6) is 5.75 Å². The van der Waals surface area contributed by atoms with Crippen molar-refractivity contribution in [1.82, 2.24) is 4.83 Å². The largest absolute Gasteiger partial charge is 0.488 e. The number of hydrazone groups is 1. The van der Waals surface area contributed by atoms with Crippen molar-refractivity contribution < 1.29 is 13.2 Å². The molecule has 0 bridgehead atoms. The molecule has 0 atom stereocenters. The molecule has 32 heavy (non-hydrogen) atoms. The predicted octanol–water partition coefficient (Wildman–Crippen LogP) is 5.99. The maximum absolute atomic E-state index is 12.6. The lowest BCUT2D eigenvalue weighted by molar-refractivity contribution is 0.306. The molecule has 0 unspecified atom stereocenters. The van der Waals surface area contributed by atoms with Gasteiger partial charge in [-0.25, -0.2) is 4.83 Å². The molecule has 0 aliphatic rings. The number of ether oxygens (including phenoxy) is 1. The van der Waals surface area contributed by atoms with E-state index in [4.69, 9.17) is 16.3 Å². The first-order chi connectivity index (χ1) is 15.4. The van der Waals surface area contributed by atoms with Crippen molar-refractivity contribution in [3.05, 3.63) is 105 Å². The van der Waals surface area contributed by atoms with Crippen molar-refractivity contribution in [2.75, 3.05) is 0 Å². The molecule has 5 nitrogen and oxygen atoms in total. The van der Waals surface area contributed by atoms with E-state index in [1.807, 2.05) is 60.7 Å². The van der Waals surface area contributed by atoms with Gasteiger partial charge in [0.1, 0.15) is 12.4 Å². The van der Waals surface area contributed by atoms with Crippen molar-refractivity contribution in [3.8, 4) is 5.75 Å². The molecule has 0 aromatic heterocycles. The predicted molar refractivity (Wildman–Crippen MR) is 137 cm³/mol. The summed E-state index contributed by atoms with van der Waals surface area (Å²) in [6.45, 7) is 0.338. The highest BCUT2D eigenvalue weighted by Crippen LogP contribution is 2.27. The van der Waals surface area contributed by atoms with Gasteiger partial charge >= 0.3 is 0 Å². The van der Waals surface area contributed by atoms with Crippen LogP contribution in [-0.2, 0) is 16.6 Å². The van der Waals surface area contributed by atoms with Gasteiger partial charge in [-0.3, -0.25) is 0 Å². The fourth-order valence-corrected chi connectivity index (χ4v) is 4.38. The molecule has 4 aromatic rings. The van der Waals surface area contributed by atoms with E-state index in [0.29, 0.717) is 22.9 Å². The second-order valence-corrected chi connectivity index (χ2v) is 10.3. The van der Waals surface area contributed by atoms with Crippen molar-refractivity contribution in [2.24, 2.45) is 5.10 Å². The fraction of sp³-hybridized carbons (Fsp3) is 0.0417. The van der Waals surface area contributed by atoms with Crippen LogP contribution in [0.4, 0.5) is 0 Å². The minimum absolute atomic E-state index is 0.146. The highest BCUT2D eigenvalue weighted by atomic mass is 127. The molecular weight excluding hydrogens is 559 g/mol. The topological polar surface area (TPSA) is 67.8 Å². The Kier molecular flexibility index (Phi) is 6.98. The molecule has 8 heteroatoms. The van der Waals surface area contributed by atoms with E-state index < -0.39 is 10.0 Å². The number of hydrogen-bond acceptors (Lipinski definition) is 4. The third-order valence-electron chi connectivity index (χ3n) is 4.73. The summed E-state index contributed by atoms with van der Waals surface area (Å²) in [6, 6.07) is 25.5. The number of nitrogens with zero attached hydrogens (tertiary/aromatic N) is 1. The van der Waals surface area contributed by atoms with Crippen LogP contribution in [0, 0.1) is 3.57 Å². The molecule has 0 heterocycles. The first-order valence-electron chi connectivity index (χ1n) is 9.62. The van der Waals surface area contributed by atoms with Gasteiger partial charge in [0.05, 0.1) is 11.1 Å². The molecular formula is C24H18ClIN2O3S. The summed E-state index contributed by atoms with van der Waals surface area (Å²) < 4.78 is 32.1. The van der Waals surface area contributed by atoms with Gasteiger partial charge in [0.15, 0.2) is 0 Å². The zero-order chi connectivity index (χ0) is 22.6. The summed E-state index contributed by atoms with van der Waals surface area (Å²) in [4.78, 5) is 2.43. The highest BCUT2D eigenvalue weighted by Gasteiger charge is 2.13. The minimum atomic E-state index is -3.78. The molecule has 4 rings (SSSR count). The number of nitrogens with one attached hydrogen (secondary N) is 1. The molecule has 0 aliphatic carbocycles. The zero-order valence-electron chi connectivity index (χ0n) is 16.7. The summed E-state index contributed by atoms with van der Waals surface area (Å²) in [6.07, 6.45) is 1.48. The van der Waals surface area contributed by atoms with Gasteiger partial charge in [-0.05, 0) is 81.4 Å². The van der Waals surface area contributed by atoms with E-state index in [1.165, 1.54) is 18.3 Å². The number of halogens is 2. The van der Waals surface area contributed by atoms with Crippen LogP contribution in [-0.4, -0.2) is 14.6 Å². The lowest BCUT2D eigenvalue weighted by Crippen LogP contribution is -2.18. The van der Waals surface area contributed by atoms with E-state index in [2.05, 4.69) is 32.5 Å². The Balaban J connectivity index is 1.61. The minimum Gasteiger partial charge on any atom is -0.488 e. The van der Waals surface area contributed by atoms with E-state index >= 15 is 0 Å². The van der Waals surface area contributed by atoms with Crippen molar-refractivity contribution in [2.45, 2.75) is 11.5 Å². The number of benzene rings is 4. The molecule has 0 saturated carbocycles. The quantitative estimate of drug-likeness (QED) is 0.167. The Hall–Kier alpha value is -2.62.